The number of ether oxygens (including phenoxy) is 1. The van der Waals surface area contributed by atoms with Crippen molar-refractivity contribution in [1.82, 2.24) is 4.90 Å². The topological polar surface area (TPSA) is 117 Å². The number of carbonyl (C=O) groups excluding carboxylic acids is 4. The van der Waals surface area contributed by atoms with Gasteiger partial charge in [0, 0.05) is 6.42 Å². The molecule has 0 spiro atoms. The van der Waals surface area contributed by atoms with Crippen LogP contribution >= 0.6 is 0 Å². The van der Waals surface area contributed by atoms with Gasteiger partial charge in [0.25, 0.3) is 11.8 Å². The molecular formula is C15H13N3O5. The van der Waals surface area contributed by atoms with E-state index in [9.17, 15) is 19.2 Å². The normalized spacial score (nSPS) is 14.0. The summed E-state index contributed by atoms with van der Waals surface area (Å²) < 4.78 is 4.55. The first-order valence-corrected chi connectivity index (χ1v) is 6.73. The van der Waals surface area contributed by atoms with E-state index in [4.69, 9.17) is 5.53 Å². The Balaban J connectivity index is 2.34. The molecule has 0 saturated heterocycles. The van der Waals surface area contributed by atoms with E-state index in [1.165, 1.54) is 19.2 Å². The molecule has 1 aromatic carbocycles. The molecule has 0 unspecified atom stereocenters. The van der Waals surface area contributed by atoms with Crippen LogP contribution in [0.2, 0.25) is 0 Å². The highest BCUT2D eigenvalue weighted by Crippen LogP contribution is 2.26. The standard InChI is InChI=1S/C15H13N3O5/c1-23-13(20)7-9(6-10(19)8-17-16)18-14(21)11-4-2-3-5-12(11)15(18)22/h2-5,8-9H,6-7H2,1H3/t9-/m0/s1. The molecule has 1 aliphatic rings. The number of esters is 1. The molecule has 2 rings (SSSR count). The second-order valence-corrected chi connectivity index (χ2v) is 4.87. The van der Waals surface area contributed by atoms with Crippen molar-refractivity contribution >= 4 is 29.8 Å². The zero-order valence-corrected chi connectivity index (χ0v) is 12.3. The molecule has 2 amide bonds. The van der Waals surface area contributed by atoms with Gasteiger partial charge in [-0.15, -0.1) is 0 Å². The summed E-state index contributed by atoms with van der Waals surface area (Å²) in [6.45, 7) is 0. The van der Waals surface area contributed by atoms with Crippen molar-refractivity contribution in [2.75, 3.05) is 7.11 Å². The maximum absolute atomic E-state index is 12.4. The van der Waals surface area contributed by atoms with E-state index < -0.39 is 29.6 Å². The van der Waals surface area contributed by atoms with Gasteiger partial charge in [-0.1, -0.05) is 12.1 Å². The predicted molar refractivity (Wildman–Crippen MR) is 76.7 cm³/mol. The van der Waals surface area contributed by atoms with Crippen LogP contribution in [0.5, 0.6) is 0 Å². The molecular weight excluding hydrogens is 302 g/mol. The van der Waals surface area contributed by atoms with Crippen molar-refractivity contribution in [3.05, 3.63) is 40.9 Å². The molecule has 0 fully saturated rings. The third kappa shape index (κ3) is 3.22. The molecule has 0 saturated carbocycles. The van der Waals surface area contributed by atoms with E-state index in [0.29, 0.717) is 6.21 Å². The molecule has 23 heavy (non-hydrogen) atoms. The lowest BCUT2D eigenvalue weighted by molar-refractivity contribution is -0.141. The number of methoxy groups -OCH3 is 1. The lowest BCUT2D eigenvalue weighted by atomic mass is 10.1. The number of carbonyl (C=O) groups is 4. The van der Waals surface area contributed by atoms with Crippen LogP contribution < -0.4 is 0 Å². The maximum atomic E-state index is 12.4. The molecule has 1 atom stereocenters. The Kier molecular flexibility index (Phi) is 4.78. The molecule has 0 bridgehead atoms. The maximum Gasteiger partial charge on any atom is 0.323 e. The third-order valence-electron chi connectivity index (χ3n) is 3.46. The first-order valence-electron chi connectivity index (χ1n) is 6.73. The van der Waals surface area contributed by atoms with E-state index in [1.807, 2.05) is 0 Å². The van der Waals surface area contributed by atoms with Gasteiger partial charge in [-0.05, 0) is 12.1 Å². The van der Waals surface area contributed by atoms with Gasteiger partial charge in [-0.3, -0.25) is 24.1 Å². The van der Waals surface area contributed by atoms with Crippen LogP contribution in [0, 0.1) is 0 Å². The number of hydrogen-bond acceptors (Lipinski definition) is 5. The van der Waals surface area contributed by atoms with Gasteiger partial charge in [0.1, 0.15) is 0 Å². The van der Waals surface area contributed by atoms with Crippen LogP contribution in [-0.4, -0.2) is 52.6 Å². The number of imide groups is 1. The Labute approximate surface area is 131 Å². The molecule has 1 aromatic rings. The van der Waals surface area contributed by atoms with Gasteiger partial charge < -0.3 is 10.3 Å². The highest BCUT2D eigenvalue weighted by Gasteiger charge is 2.41. The van der Waals surface area contributed by atoms with E-state index in [-0.39, 0.29) is 24.0 Å². The molecule has 0 N–H and O–H groups in total. The van der Waals surface area contributed by atoms with Gasteiger partial charge in [0.15, 0.2) is 0 Å². The minimum Gasteiger partial charge on any atom is -0.469 e. The van der Waals surface area contributed by atoms with E-state index in [1.54, 1.807) is 12.1 Å². The summed E-state index contributed by atoms with van der Waals surface area (Å²) in [6, 6.07) is 5.22. The molecule has 0 radical (unpaired) electrons. The smallest absolute Gasteiger partial charge is 0.323 e. The first kappa shape index (κ1) is 16.3. The quantitative estimate of drug-likeness (QED) is 0.249. The monoisotopic (exact) mass is 315 g/mol. The van der Waals surface area contributed by atoms with Gasteiger partial charge in [0.05, 0.1) is 30.7 Å². The minimum absolute atomic E-state index is 0.218. The number of rotatable bonds is 6. The summed E-state index contributed by atoms with van der Waals surface area (Å²) in [7, 11) is 1.17. The molecule has 0 aromatic heterocycles. The zero-order chi connectivity index (χ0) is 17.0. The van der Waals surface area contributed by atoms with Crippen LogP contribution in [0.4, 0.5) is 0 Å². The lowest BCUT2D eigenvalue weighted by Gasteiger charge is -2.23. The van der Waals surface area contributed by atoms with Crippen LogP contribution in [0.1, 0.15) is 33.6 Å². The number of benzene rings is 1. The van der Waals surface area contributed by atoms with Crippen molar-refractivity contribution < 1.29 is 28.7 Å². The number of nitrogens with zero attached hydrogens (tertiary/aromatic N) is 3. The average molecular weight is 315 g/mol. The summed E-state index contributed by atoms with van der Waals surface area (Å²) in [6.07, 6.45) is -0.0138. The zero-order valence-electron chi connectivity index (χ0n) is 12.3. The predicted octanol–water partition coefficient (Wildman–Crippen LogP) is 0.474. The Morgan fingerprint density at radius 1 is 1.22 bits per heavy atom. The van der Waals surface area contributed by atoms with Crippen molar-refractivity contribution in [1.29, 1.82) is 0 Å². The summed E-state index contributed by atoms with van der Waals surface area (Å²) in [5, 5.41) is 0. The second-order valence-electron chi connectivity index (χ2n) is 4.87. The van der Waals surface area contributed by atoms with E-state index in [0.717, 1.165) is 4.90 Å². The SMILES string of the molecule is COC(=O)C[C@H](CC(=O)C=[N+]=[N-])N1C(=O)c2ccccc2C1=O. The Morgan fingerprint density at radius 2 is 1.78 bits per heavy atom. The summed E-state index contributed by atoms with van der Waals surface area (Å²) in [4.78, 5) is 51.5. The van der Waals surface area contributed by atoms with Crippen molar-refractivity contribution in [3.63, 3.8) is 0 Å². The summed E-state index contributed by atoms with van der Waals surface area (Å²) in [5.41, 5.74) is 8.83. The van der Waals surface area contributed by atoms with Crippen molar-refractivity contribution in [3.8, 4) is 0 Å². The fourth-order valence-electron chi connectivity index (χ4n) is 2.42. The summed E-state index contributed by atoms with van der Waals surface area (Å²) >= 11 is 0. The molecule has 0 aliphatic carbocycles. The fourth-order valence-corrected chi connectivity index (χ4v) is 2.42. The number of Topliss-reactive ketones (excluding diaryl/α,β-unsaturated/α-hetero) is 1. The lowest BCUT2D eigenvalue weighted by Crippen LogP contribution is -2.42. The van der Waals surface area contributed by atoms with Crippen LogP contribution in [0.15, 0.2) is 24.3 Å². The van der Waals surface area contributed by atoms with Crippen molar-refractivity contribution in [2.24, 2.45) is 0 Å². The van der Waals surface area contributed by atoms with Gasteiger partial charge in [0.2, 0.25) is 5.78 Å². The van der Waals surface area contributed by atoms with Crippen LogP contribution in [0.25, 0.3) is 5.53 Å². The molecule has 118 valence electrons. The highest BCUT2D eigenvalue weighted by molar-refractivity contribution is 6.26. The Morgan fingerprint density at radius 3 is 2.26 bits per heavy atom. The molecule has 8 nitrogen and oxygen atoms in total. The van der Waals surface area contributed by atoms with Crippen molar-refractivity contribution in [2.45, 2.75) is 18.9 Å². The van der Waals surface area contributed by atoms with E-state index >= 15 is 0 Å². The average Bonchev–Trinajstić information content (AvgIpc) is 2.79. The number of amides is 2. The first-order chi connectivity index (χ1) is 11.0. The van der Waals surface area contributed by atoms with Gasteiger partial charge in [-0.2, -0.15) is 4.79 Å². The third-order valence-corrected chi connectivity index (χ3v) is 3.46. The van der Waals surface area contributed by atoms with Crippen LogP contribution in [-0.2, 0) is 14.3 Å². The fraction of sp³-hybridized carbons (Fsp3) is 0.267. The molecule has 8 heteroatoms. The summed E-state index contributed by atoms with van der Waals surface area (Å²) in [5.74, 6) is -2.44. The Bertz CT molecular complexity index is 701. The minimum atomic E-state index is -1.01. The van der Waals surface area contributed by atoms with Crippen LogP contribution in [0.3, 0.4) is 0 Å². The number of hydrogen-bond donors (Lipinski definition) is 0. The molecule has 1 heterocycles. The number of fused-ring (bicyclic) bond motifs is 1. The van der Waals surface area contributed by atoms with E-state index in [2.05, 4.69) is 9.53 Å². The second kappa shape index (κ2) is 6.76. The highest BCUT2D eigenvalue weighted by atomic mass is 16.5. The molecule has 1 aliphatic heterocycles. The number of ketones is 1. The Hall–Kier alpha value is -3.12. The largest absolute Gasteiger partial charge is 0.469 e. The van der Waals surface area contributed by atoms with Gasteiger partial charge >= 0.3 is 12.2 Å². The van der Waals surface area contributed by atoms with Gasteiger partial charge in [-0.25, -0.2) is 0 Å².